The van der Waals surface area contributed by atoms with Crippen LogP contribution in [0.2, 0.25) is 0 Å². The van der Waals surface area contributed by atoms with E-state index in [1.165, 1.54) is 29.2 Å². The average Bonchev–Trinajstić information content (AvgIpc) is 3.14. The van der Waals surface area contributed by atoms with Crippen LogP contribution in [-0.2, 0) is 14.8 Å². The molecular formula is C19H23F2N7O3S. The fraction of sp³-hybridized carbons (Fsp3) is 0.474. The third-order valence-corrected chi connectivity index (χ3v) is 5.59. The number of ether oxygens (including phenoxy) is 1. The Morgan fingerprint density at radius 1 is 1.28 bits per heavy atom. The highest BCUT2D eigenvalue weighted by molar-refractivity contribution is 7.88. The number of nitrogens with one attached hydrogen (secondary N) is 1. The van der Waals surface area contributed by atoms with E-state index in [0.717, 1.165) is 6.26 Å². The standard InChI is InChI=1S/C19H23F2N7O3S/c1-19(2)10-27(9-12(31-19)7-25-32(3,29)30)17-6-14(23-11-24-17)15-8-22-16-5-4-13(18(20)21)26-28(15)16/h4-6,8,11-12,18,25H,7,9-10H2,1-3H3/t12-/m1/s1. The van der Waals surface area contributed by atoms with Gasteiger partial charge in [-0.25, -0.2) is 41.4 Å². The van der Waals surface area contributed by atoms with E-state index in [1.807, 2.05) is 18.7 Å². The number of hydrogen-bond donors (Lipinski definition) is 1. The van der Waals surface area contributed by atoms with Crippen molar-refractivity contribution < 1.29 is 21.9 Å². The molecule has 0 bridgehead atoms. The number of alkyl halides is 2. The first kappa shape index (κ1) is 22.4. The lowest BCUT2D eigenvalue weighted by atomic mass is 10.1. The van der Waals surface area contributed by atoms with E-state index >= 15 is 0 Å². The van der Waals surface area contributed by atoms with E-state index in [4.69, 9.17) is 4.74 Å². The molecular weight excluding hydrogens is 444 g/mol. The van der Waals surface area contributed by atoms with Gasteiger partial charge in [-0.3, -0.25) is 0 Å². The number of morpholine rings is 1. The van der Waals surface area contributed by atoms with Crippen molar-refractivity contribution in [2.75, 3.05) is 30.8 Å². The molecule has 10 nitrogen and oxygen atoms in total. The molecule has 1 fully saturated rings. The summed E-state index contributed by atoms with van der Waals surface area (Å²) in [5.41, 5.74) is 0.432. The largest absolute Gasteiger partial charge is 0.367 e. The smallest absolute Gasteiger partial charge is 0.282 e. The zero-order valence-corrected chi connectivity index (χ0v) is 18.6. The van der Waals surface area contributed by atoms with Crippen LogP contribution in [0.3, 0.4) is 0 Å². The van der Waals surface area contributed by atoms with Crippen molar-refractivity contribution in [1.29, 1.82) is 0 Å². The lowest BCUT2D eigenvalue weighted by Crippen LogP contribution is -2.56. The summed E-state index contributed by atoms with van der Waals surface area (Å²) in [6.07, 6.45) is 0.902. The Labute approximate surface area is 183 Å². The first-order chi connectivity index (χ1) is 15.0. The van der Waals surface area contributed by atoms with E-state index < -0.39 is 28.2 Å². The first-order valence-corrected chi connectivity index (χ1v) is 11.7. The van der Waals surface area contributed by atoms with Crippen LogP contribution in [0.5, 0.6) is 0 Å². The van der Waals surface area contributed by atoms with Gasteiger partial charge in [0.05, 0.1) is 29.9 Å². The van der Waals surface area contributed by atoms with Crippen molar-refractivity contribution in [3.8, 4) is 11.4 Å². The van der Waals surface area contributed by atoms with Gasteiger partial charge in [0, 0.05) is 25.7 Å². The van der Waals surface area contributed by atoms with Gasteiger partial charge >= 0.3 is 0 Å². The van der Waals surface area contributed by atoms with Gasteiger partial charge in [-0.05, 0) is 26.0 Å². The van der Waals surface area contributed by atoms with Crippen molar-refractivity contribution >= 4 is 21.5 Å². The van der Waals surface area contributed by atoms with Crippen LogP contribution in [-0.4, -0.2) is 70.6 Å². The number of anilines is 1. The highest BCUT2D eigenvalue weighted by atomic mass is 32.2. The van der Waals surface area contributed by atoms with E-state index in [2.05, 4.69) is 24.8 Å². The van der Waals surface area contributed by atoms with Crippen molar-refractivity contribution in [3.05, 3.63) is 36.4 Å². The molecule has 1 aliphatic rings. The molecule has 32 heavy (non-hydrogen) atoms. The van der Waals surface area contributed by atoms with Gasteiger partial charge < -0.3 is 9.64 Å². The maximum absolute atomic E-state index is 13.1. The maximum Gasteiger partial charge on any atom is 0.282 e. The van der Waals surface area contributed by atoms with Crippen molar-refractivity contribution in [3.63, 3.8) is 0 Å². The minimum absolute atomic E-state index is 0.129. The number of halogens is 2. The second-order valence-electron chi connectivity index (χ2n) is 8.23. The summed E-state index contributed by atoms with van der Waals surface area (Å²) in [5, 5.41) is 3.98. The summed E-state index contributed by atoms with van der Waals surface area (Å²) in [6, 6.07) is 4.44. The van der Waals surface area contributed by atoms with E-state index in [9.17, 15) is 17.2 Å². The third kappa shape index (κ3) is 5.00. The zero-order valence-electron chi connectivity index (χ0n) is 17.7. The summed E-state index contributed by atoms with van der Waals surface area (Å²) in [6.45, 7) is 4.87. The van der Waals surface area contributed by atoms with Crippen LogP contribution in [0.4, 0.5) is 14.6 Å². The molecule has 3 aromatic rings. The third-order valence-electron chi connectivity index (χ3n) is 4.90. The second kappa shape index (κ2) is 8.30. The number of imidazole rings is 1. The highest BCUT2D eigenvalue weighted by Gasteiger charge is 2.34. The minimum atomic E-state index is -3.35. The molecule has 0 unspecified atom stereocenters. The molecule has 0 aromatic carbocycles. The molecule has 4 rings (SSSR count). The Kier molecular flexibility index (Phi) is 5.81. The van der Waals surface area contributed by atoms with Gasteiger partial charge in [0.25, 0.3) is 6.43 Å². The molecule has 0 saturated carbocycles. The van der Waals surface area contributed by atoms with Crippen LogP contribution < -0.4 is 9.62 Å². The fourth-order valence-electron chi connectivity index (χ4n) is 3.66. The molecule has 0 aliphatic carbocycles. The molecule has 1 N–H and O–H groups in total. The first-order valence-electron chi connectivity index (χ1n) is 9.83. The highest BCUT2D eigenvalue weighted by Crippen LogP contribution is 2.28. The molecule has 4 heterocycles. The van der Waals surface area contributed by atoms with Gasteiger partial charge in [0.2, 0.25) is 10.0 Å². The van der Waals surface area contributed by atoms with E-state index in [1.54, 1.807) is 6.07 Å². The van der Waals surface area contributed by atoms with Crippen LogP contribution in [0, 0.1) is 0 Å². The number of sulfonamides is 1. The lowest BCUT2D eigenvalue weighted by Gasteiger charge is -2.43. The normalized spacial score (nSPS) is 19.1. The topological polar surface area (TPSA) is 115 Å². The Balaban J connectivity index is 1.64. The summed E-state index contributed by atoms with van der Waals surface area (Å²) in [7, 11) is -3.35. The van der Waals surface area contributed by atoms with Gasteiger partial charge in [-0.15, -0.1) is 0 Å². The predicted molar refractivity (Wildman–Crippen MR) is 113 cm³/mol. The van der Waals surface area contributed by atoms with Crippen molar-refractivity contribution in [2.45, 2.75) is 32.0 Å². The Morgan fingerprint density at radius 3 is 2.78 bits per heavy atom. The Morgan fingerprint density at radius 2 is 2.06 bits per heavy atom. The molecule has 0 amide bonds. The maximum atomic E-state index is 13.1. The molecule has 0 spiro atoms. The van der Waals surface area contributed by atoms with Gasteiger partial charge in [0.15, 0.2) is 5.65 Å². The number of fused-ring (bicyclic) bond motifs is 1. The monoisotopic (exact) mass is 467 g/mol. The number of rotatable bonds is 6. The van der Waals surface area contributed by atoms with Crippen LogP contribution in [0.15, 0.2) is 30.7 Å². The molecule has 0 radical (unpaired) electrons. The number of hydrogen-bond acceptors (Lipinski definition) is 8. The van der Waals surface area contributed by atoms with Gasteiger partial charge in [-0.1, -0.05) is 0 Å². The average molecular weight is 468 g/mol. The molecule has 1 saturated heterocycles. The Bertz CT molecular complexity index is 1230. The SMILES string of the molecule is CC1(C)CN(c2cc(-c3cnc4ccc(C(F)F)nn34)ncn2)C[C@@H](CNS(C)(=O)=O)O1. The Hall–Kier alpha value is -2.77. The van der Waals surface area contributed by atoms with E-state index in [0.29, 0.717) is 35.9 Å². The number of aromatic nitrogens is 5. The quantitative estimate of drug-likeness (QED) is 0.582. The summed E-state index contributed by atoms with van der Waals surface area (Å²) < 4.78 is 59.0. The second-order valence-corrected chi connectivity index (χ2v) is 10.1. The number of nitrogens with zero attached hydrogens (tertiary/aromatic N) is 6. The molecule has 13 heteroatoms. The molecule has 1 atom stereocenters. The molecule has 172 valence electrons. The fourth-order valence-corrected chi connectivity index (χ4v) is 4.15. The lowest BCUT2D eigenvalue weighted by molar-refractivity contribution is -0.0802. The minimum Gasteiger partial charge on any atom is -0.367 e. The predicted octanol–water partition coefficient (Wildman–Crippen LogP) is 1.66. The van der Waals surface area contributed by atoms with Gasteiger partial charge in [0.1, 0.15) is 23.5 Å². The van der Waals surface area contributed by atoms with Crippen LogP contribution in [0.1, 0.15) is 26.0 Å². The van der Waals surface area contributed by atoms with Crippen LogP contribution in [0.25, 0.3) is 17.0 Å². The summed E-state index contributed by atoms with van der Waals surface area (Å²) in [5.74, 6) is 0.593. The van der Waals surface area contributed by atoms with Gasteiger partial charge in [-0.2, -0.15) is 5.10 Å². The molecule has 1 aliphatic heterocycles. The van der Waals surface area contributed by atoms with Crippen molar-refractivity contribution in [2.24, 2.45) is 0 Å². The van der Waals surface area contributed by atoms with Crippen molar-refractivity contribution in [1.82, 2.24) is 29.3 Å². The summed E-state index contributed by atoms with van der Waals surface area (Å²) in [4.78, 5) is 14.8. The zero-order chi connectivity index (χ0) is 23.1. The summed E-state index contributed by atoms with van der Waals surface area (Å²) >= 11 is 0. The molecule has 3 aromatic heterocycles. The van der Waals surface area contributed by atoms with Crippen LogP contribution >= 0.6 is 0 Å². The van der Waals surface area contributed by atoms with E-state index in [-0.39, 0.29) is 12.2 Å².